The molecule has 1 saturated carbocycles. The first-order valence-corrected chi connectivity index (χ1v) is 15.8. The second-order valence-electron chi connectivity index (χ2n) is 10.5. The second kappa shape index (κ2) is 13.3. The van der Waals surface area contributed by atoms with E-state index in [1.165, 1.54) is 11.0 Å². The predicted molar refractivity (Wildman–Crippen MR) is 160 cm³/mol. The molecule has 1 aliphatic carbocycles. The van der Waals surface area contributed by atoms with Gasteiger partial charge in [0.05, 0.1) is 11.9 Å². The number of nitrogens with zero attached hydrogens (tertiary/aromatic N) is 2. The molecule has 40 heavy (non-hydrogen) atoms. The van der Waals surface area contributed by atoms with Gasteiger partial charge in [0, 0.05) is 24.0 Å². The average Bonchev–Trinajstić information content (AvgIpc) is 3.43. The summed E-state index contributed by atoms with van der Waals surface area (Å²) in [7, 11) is -3.84. The van der Waals surface area contributed by atoms with E-state index in [1.807, 2.05) is 61.5 Å². The summed E-state index contributed by atoms with van der Waals surface area (Å²) in [6.45, 7) is 1.67. The van der Waals surface area contributed by atoms with E-state index in [2.05, 4.69) is 5.32 Å². The van der Waals surface area contributed by atoms with E-state index in [1.54, 1.807) is 18.2 Å². The van der Waals surface area contributed by atoms with Crippen molar-refractivity contribution in [1.29, 1.82) is 0 Å². The summed E-state index contributed by atoms with van der Waals surface area (Å²) in [5.74, 6) is -0.710. The maximum Gasteiger partial charge on any atom is 0.244 e. The van der Waals surface area contributed by atoms with E-state index in [-0.39, 0.29) is 24.2 Å². The minimum atomic E-state index is -3.84. The molecule has 0 saturated heterocycles. The number of hydrogen-bond acceptors (Lipinski definition) is 4. The molecule has 1 atom stereocenters. The van der Waals surface area contributed by atoms with Crippen molar-refractivity contribution < 1.29 is 18.0 Å². The van der Waals surface area contributed by atoms with E-state index < -0.39 is 28.5 Å². The Morgan fingerprint density at radius 2 is 1.62 bits per heavy atom. The van der Waals surface area contributed by atoms with Gasteiger partial charge in [0.2, 0.25) is 21.8 Å². The highest BCUT2D eigenvalue weighted by Gasteiger charge is 2.34. The number of carbonyl (C=O) groups excluding carboxylic acids is 2. The van der Waals surface area contributed by atoms with Gasteiger partial charge >= 0.3 is 0 Å². The largest absolute Gasteiger partial charge is 0.352 e. The third-order valence-electron chi connectivity index (χ3n) is 7.22. The van der Waals surface area contributed by atoms with Crippen LogP contribution in [0.15, 0.2) is 78.9 Å². The Balaban J connectivity index is 1.72. The smallest absolute Gasteiger partial charge is 0.244 e. The molecule has 0 spiro atoms. The maximum atomic E-state index is 14.1. The van der Waals surface area contributed by atoms with Crippen molar-refractivity contribution in [2.75, 3.05) is 17.1 Å². The molecule has 1 fully saturated rings. The quantitative estimate of drug-likeness (QED) is 0.341. The molecule has 1 aliphatic rings. The molecule has 4 rings (SSSR count). The van der Waals surface area contributed by atoms with Crippen LogP contribution in [0.25, 0.3) is 0 Å². The number of halogens is 1. The standard InChI is InChI=1S/C31H36ClN3O4S/c1-23-15-17-25(18-16-23)21-34(30(36)22-35(40(2,38)39)28-14-8-11-26(32)20-28)29(19-24-9-4-3-5-10-24)31(37)33-27-12-6-7-13-27/h3-5,8-11,14-18,20,27,29H,6-7,12-13,19,21-22H2,1-2H3,(H,33,37)/t29-/m0/s1. The molecule has 212 valence electrons. The molecular weight excluding hydrogens is 546 g/mol. The summed E-state index contributed by atoms with van der Waals surface area (Å²) in [4.78, 5) is 29.5. The minimum Gasteiger partial charge on any atom is -0.352 e. The van der Waals surface area contributed by atoms with Gasteiger partial charge in [-0.1, -0.05) is 90.7 Å². The van der Waals surface area contributed by atoms with Crippen LogP contribution in [0, 0.1) is 6.92 Å². The van der Waals surface area contributed by atoms with Crippen LogP contribution < -0.4 is 9.62 Å². The number of amides is 2. The van der Waals surface area contributed by atoms with Crippen LogP contribution >= 0.6 is 11.6 Å². The van der Waals surface area contributed by atoms with Crippen LogP contribution in [0.1, 0.15) is 42.4 Å². The van der Waals surface area contributed by atoms with Crippen molar-refractivity contribution in [3.63, 3.8) is 0 Å². The summed E-state index contributed by atoms with van der Waals surface area (Å²) in [5, 5.41) is 3.52. The van der Waals surface area contributed by atoms with Gasteiger partial charge in [-0.2, -0.15) is 0 Å². The van der Waals surface area contributed by atoms with Crippen LogP contribution in [-0.4, -0.2) is 50.0 Å². The van der Waals surface area contributed by atoms with E-state index in [0.29, 0.717) is 11.4 Å². The van der Waals surface area contributed by atoms with Crippen LogP contribution in [-0.2, 0) is 32.6 Å². The summed E-state index contributed by atoms with van der Waals surface area (Å²) in [6.07, 6.45) is 5.29. The number of anilines is 1. The molecular formula is C31H36ClN3O4S. The SMILES string of the molecule is Cc1ccc(CN(C(=O)CN(c2cccc(Cl)c2)S(C)(=O)=O)[C@@H](Cc2ccccc2)C(=O)NC2CCCC2)cc1. The zero-order chi connectivity index (χ0) is 28.7. The highest BCUT2D eigenvalue weighted by Crippen LogP contribution is 2.24. The summed E-state index contributed by atoms with van der Waals surface area (Å²) in [5.41, 5.74) is 3.12. The van der Waals surface area contributed by atoms with E-state index in [0.717, 1.165) is 52.9 Å². The number of benzene rings is 3. The zero-order valence-electron chi connectivity index (χ0n) is 22.9. The fourth-order valence-corrected chi connectivity index (χ4v) is 6.08. The Morgan fingerprint density at radius 3 is 2.25 bits per heavy atom. The van der Waals surface area contributed by atoms with Crippen LogP contribution in [0.3, 0.4) is 0 Å². The first-order valence-electron chi connectivity index (χ1n) is 13.5. The number of sulfonamides is 1. The lowest BCUT2D eigenvalue weighted by molar-refractivity contribution is -0.140. The maximum absolute atomic E-state index is 14.1. The summed E-state index contributed by atoms with van der Waals surface area (Å²) in [6, 6.07) is 22.9. The molecule has 0 unspecified atom stereocenters. The number of nitrogens with one attached hydrogen (secondary N) is 1. The van der Waals surface area contributed by atoms with Crippen molar-refractivity contribution >= 4 is 39.1 Å². The fourth-order valence-electron chi connectivity index (χ4n) is 5.06. The lowest BCUT2D eigenvalue weighted by atomic mass is 10.0. The highest BCUT2D eigenvalue weighted by molar-refractivity contribution is 7.92. The third kappa shape index (κ3) is 8.08. The Labute approximate surface area is 242 Å². The Bertz CT molecular complexity index is 1410. The molecule has 0 bridgehead atoms. The second-order valence-corrected chi connectivity index (χ2v) is 12.8. The normalized spacial score (nSPS) is 14.5. The van der Waals surface area contributed by atoms with Crippen LogP contribution in [0.2, 0.25) is 5.02 Å². The van der Waals surface area contributed by atoms with Crippen LogP contribution in [0.5, 0.6) is 0 Å². The summed E-state index contributed by atoms with van der Waals surface area (Å²) < 4.78 is 26.7. The van der Waals surface area contributed by atoms with Gasteiger partial charge in [-0.15, -0.1) is 0 Å². The lowest BCUT2D eigenvalue weighted by Crippen LogP contribution is -2.54. The van der Waals surface area contributed by atoms with Gasteiger partial charge in [-0.05, 0) is 49.1 Å². The van der Waals surface area contributed by atoms with Gasteiger partial charge < -0.3 is 10.2 Å². The first-order chi connectivity index (χ1) is 19.1. The topological polar surface area (TPSA) is 86.8 Å². The Morgan fingerprint density at radius 1 is 0.950 bits per heavy atom. The Kier molecular flexibility index (Phi) is 9.87. The lowest BCUT2D eigenvalue weighted by Gasteiger charge is -2.34. The van der Waals surface area contributed by atoms with E-state index in [4.69, 9.17) is 11.6 Å². The molecule has 2 amide bonds. The van der Waals surface area contributed by atoms with Crippen molar-refractivity contribution in [3.05, 3.63) is 101 Å². The molecule has 3 aromatic carbocycles. The molecule has 7 nitrogen and oxygen atoms in total. The number of hydrogen-bond donors (Lipinski definition) is 1. The third-order valence-corrected chi connectivity index (χ3v) is 8.60. The predicted octanol–water partition coefficient (Wildman–Crippen LogP) is 5.11. The zero-order valence-corrected chi connectivity index (χ0v) is 24.5. The fraction of sp³-hybridized carbons (Fsp3) is 0.355. The minimum absolute atomic E-state index is 0.0704. The molecule has 0 heterocycles. The van der Waals surface area contributed by atoms with E-state index >= 15 is 0 Å². The number of carbonyl (C=O) groups is 2. The van der Waals surface area contributed by atoms with Crippen molar-refractivity contribution in [2.45, 2.75) is 57.7 Å². The van der Waals surface area contributed by atoms with Crippen molar-refractivity contribution in [2.24, 2.45) is 0 Å². The molecule has 9 heteroatoms. The molecule has 0 radical (unpaired) electrons. The van der Waals surface area contributed by atoms with Crippen molar-refractivity contribution in [1.82, 2.24) is 10.2 Å². The van der Waals surface area contributed by atoms with Crippen LogP contribution in [0.4, 0.5) is 5.69 Å². The molecule has 0 aromatic heterocycles. The van der Waals surface area contributed by atoms with Gasteiger partial charge in [-0.3, -0.25) is 13.9 Å². The van der Waals surface area contributed by atoms with E-state index in [9.17, 15) is 18.0 Å². The molecule has 1 N–H and O–H groups in total. The number of rotatable bonds is 11. The van der Waals surface area contributed by atoms with Gasteiger partial charge in [0.1, 0.15) is 12.6 Å². The molecule has 3 aromatic rings. The Hall–Kier alpha value is -3.36. The highest BCUT2D eigenvalue weighted by atomic mass is 35.5. The molecule has 0 aliphatic heterocycles. The summed E-state index contributed by atoms with van der Waals surface area (Å²) >= 11 is 6.15. The van der Waals surface area contributed by atoms with Gasteiger partial charge in [0.25, 0.3) is 0 Å². The van der Waals surface area contributed by atoms with Gasteiger partial charge in [-0.25, -0.2) is 8.42 Å². The first kappa shape index (κ1) is 29.6. The van der Waals surface area contributed by atoms with Gasteiger partial charge in [0.15, 0.2) is 0 Å². The average molecular weight is 582 g/mol. The number of aryl methyl sites for hydroxylation is 1. The van der Waals surface area contributed by atoms with Crippen molar-refractivity contribution in [3.8, 4) is 0 Å². The monoisotopic (exact) mass is 581 g/mol.